The third-order valence-corrected chi connectivity index (χ3v) is 3.18. The molecule has 2 rings (SSSR count). The van der Waals surface area contributed by atoms with Crippen LogP contribution in [0.25, 0.3) is 10.9 Å². The van der Waals surface area contributed by atoms with Gasteiger partial charge < -0.3 is 5.43 Å². The largest absolute Gasteiger partial charge is 0.308 e. The van der Waals surface area contributed by atoms with Gasteiger partial charge in [-0.1, -0.05) is 34.5 Å². The molecular weight excluding hydrogens is 289 g/mol. The fourth-order valence-electron chi connectivity index (χ4n) is 1.65. The van der Waals surface area contributed by atoms with E-state index in [-0.39, 0.29) is 0 Å². The summed E-state index contributed by atoms with van der Waals surface area (Å²) in [6.45, 7) is 2.06. The summed E-state index contributed by atoms with van der Waals surface area (Å²) in [5.74, 6) is 6.11. The molecule has 0 aliphatic rings. The van der Waals surface area contributed by atoms with Crippen LogP contribution >= 0.6 is 27.5 Å². The zero-order chi connectivity index (χ0) is 11.7. The molecule has 5 heteroatoms. The number of halogens is 2. The highest BCUT2D eigenvalue weighted by atomic mass is 79.9. The fourth-order valence-corrected chi connectivity index (χ4v) is 2.52. The van der Waals surface area contributed by atoms with Crippen molar-refractivity contribution >= 4 is 44.3 Å². The van der Waals surface area contributed by atoms with Crippen molar-refractivity contribution in [2.75, 3.05) is 5.43 Å². The molecule has 1 aromatic carbocycles. The van der Waals surface area contributed by atoms with Gasteiger partial charge in [-0.15, -0.1) is 0 Å². The quantitative estimate of drug-likeness (QED) is 0.659. The van der Waals surface area contributed by atoms with Crippen LogP contribution in [0, 0.1) is 0 Å². The number of hydrogen-bond acceptors (Lipinski definition) is 3. The lowest BCUT2D eigenvalue weighted by Crippen LogP contribution is -2.11. The van der Waals surface area contributed by atoms with Gasteiger partial charge in [0.2, 0.25) is 0 Å². The second-order valence-corrected chi connectivity index (χ2v) is 4.78. The van der Waals surface area contributed by atoms with E-state index in [4.69, 9.17) is 17.4 Å². The lowest BCUT2D eigenvalue weighted by Gasteiger charge is -2.09. The number of pyridine rings is 1. The van der Waals surface area contributed by atoms with Gasteiger partial charge in [-0.2, -0.15) is 0 Å². The zero-order valence-electron chi connectivity index (χ0n) is 8.72. The summed E-state index contributed by atoms with van der Waals surface area (Å²) in [6, 6.07) is 5.87. The Morgan fingerprint density at radius 1 is 1.44 bits per heavy atom. The summed E-state index contributed by atoms with van der Waals surface area (Å²) >= 11 is 9.54. The summed E-state index contributed by atoms with van der Waals surface area (Å²) in [6.07, 6.45) is 0.868. The van der Waals surface area contributed by atoms with E-state index in [0.29, 0.717) is 10.8 Å². The van der Waals surface area contributed by atoms with Crippen LogP contribution < -0.4 is 11.3 Å². The number of benzene rings is 1. The molecule has 0 amide bonds. The van der Waals surface area contributed by atoms with Crippen molar-refractivity contribution in [2.24, 2.45) is 5.84 Å². The highest BCUT2D eigenvalue weighted by Gasteiger charge is 2.08. The first-order chi connectivity index (χ1) is 7.65. The summed E-state index contributed by atoms with van der Waals surface area (Å²) in [5, 5.41) is 1.62. The Balaban J connectivity index is 2.78. The van der Waals surface area contributed by atoms with E-state index in [2.05, 4.69) is 33.3 Å². The Morgan fingerprint density at radius 3 is 2.81 bits per heavy atom. The predicted octanol–water partition coefficient (Wildman–Crippen LogP) is 3.50. The SMILES string of the molecule is CCc1cc2cc(Br)cc(Cl)c2nc1NN. The molecule has 3 nitrogen and oxygen atoms in total. The number of aryl methyl sites for hydroxylation is 1. The lowest BCUT2D eigenvalue weighted by molar-refractivity contribution is 1.10. The first kappa shape index (κ1) is 11.6. The summed E-state index contributed by atoms with van der Waals surface area (Å²) in [7, 11) is 0. The van der Waals surface area contributed by atoms with Gasteiger partial charge in [-0.25, -0.2) is 10.8 Å². The number of anilines is 1. The lowest BCUT2D eigenvalue weighted by atomic mass is 10.1. The Labute approximate surface area is 107 Å². The van der Waals surface area contributed by atoms with Gasteiger partial charge in [0.25, 0.3) is 0 Å². The summed E-state index contributed by atoms with van der Waals surface area (Å²) in [5.41, 5.74) is 4.43. The molecule has 0 aliphatic carbocycles. The van der Waals surface area contributed by atoms with Crippen molar-refractivity contribution in [2.45, 2.75) is 13.3 Å². The third kappa shape index (κ3) is 2.00. The molecule has 0 aliphatic heterocycles. The number of nitrogen functional groups attached to an aromatic ring is 1. The second-order valence-electron chi connectivity index (χ2n) is 3.45. The van der Waals surface area contributed by atoms with Gasteiger partial charge >= 0.3 is 0 Å². The van der Waals surface area contributed by atoms with Gasteiger partial charge in [0.05, 0.1) is 10.5 Å². The van der Waals surface area contributed by atoms with Gasteiger partial charge in [-0.05, 0) is 30.2 Å². The molecule has 84 valence electrons. The van der Waals surface area contributed by atoms with Gasteiger partial charge in [0, 0.05) is 9.86 Å². The molecule has 3 N–H and O–H groups in total. The average molecular weight is 301 g/mol. The summed E-state index contributed by atoms with van der Waals surface area (Å²) in [4.78, 5) is 4.42. The molecule has 0 spiro atoms. The van der Waals surface area contributed by atoms with Gasteiger partial charge in [0.15, 0.2) is 0 Å². The Hall–Kier alpha value is -0.840. The zero-order valence-corrected chi connectivity index (χ0v) is 11.1. The van der Waals surface area contributed by atoms with Gasteiger partial charge in [-0.3, -0.25) is 0 Å². The van der Waals surface area contributed by atoms with Crippen molar-refractivity contribution in [3.63, 3.8) is 0 Å². The van der Waals surface area contributed by atoms with Crippen LogP contribution in [-0.2, 0) is 6.42 Å². The average Bonchev–Trinajstić information content (AvgIpc) is 2.27. The standard InChI is InChI=1S/C11H11BrClN3/c1-2-6-3-7-4-8(12)5-9(13)10(7)15-11(6)16-14/h3-5H,2,14H2,1H3,(H,15,16). The van der Waals surface area contributed by atoms with Crippen molar-refractivity contribution in [1.82, 2.24) is 4.98 Å². The van der Waals surface area contributed by atoms with Crippen molar-refractivity contribution in [3.05, 3.63) is 33.3 Å². The molecular formula is C11H11BrClN3. The second kappa shape index (κ2) is 4.57. The van der Waals surface area contributed by atoms with E-state index < -0.39 is 0 Å². The number of nitrogens with two attached hydrogens (primary N) is 1. The maximum atomic E-state index is 6.13. The molecule has 0 saturated heterocycles. The highest BCUT2D eigenvalue weighted by molar-refractivity contribution is 9.10. The van der Waals surface area contributed by atoms with Crippen LogP contribution in [0.3, 0.4) is 0 Å². The minimum Gasteiger partial charge on any atom is -0.308 e. The minimum atomic E-state index is 0.614. The molecule has 0 saturated carbocycles. The molecule has 1 heterocycles. The predicted molar refractivity (Wildman–Crippen MR) is 71.6 cm³/mol. The van der Waals surface area contributed by atoms with E-state index in [0.717, 1.165) is 27.4 Å². The number of rotatable bonds is 2. The number of hydrazine groups is 1. The molecule has 0 atom stereocenters. The highest BCUT2D eigenvalue weighted by Crippen LogP contribution is 2.29. The van der Waals surface area contributed by atoms with E-state index in [1.807, 2.05) is 18.2 Å². The molecule has 0 fully saturated rings. The number of aromatic nitrogens is 1. The Kier molecular flexibility index (Phi) is 3.33. The first-order valence-corrected chi connectivity index (χ1v) is 6.08. The summed E-state index contributed by atoms with van der Waals surface area (Å²) < 4.78 is 0.947. The molecule has 0 bridgehead atoms. The normalized spacial score (nSPS) is 10.8. The van der Waals surface area contributed by atoms with Crippen molar-refractivity contribution < 1.29 is 0 Å². The fraction of sp³-hybridized carbons (Fsp3) is 0.182. The molecule has 2 aromatic rings. The topological polar surface area (TPSA) is 50.9 Å². The van der Waals surface area contributed by atoms with Crippen LogP contribution in [0.15, 0.2) is 22.7 Å². The van der Waals surface area contributed by atoms with E-state index in [9.17, 15) is 0 Å². The molecule has 0 unspecified atom stereocenters. The van der Waals surface area contributed by atoms with Crippen LogP contribution in [-0.4, -0.2) is 4.98 Å². The number of nitrogens with zero attached hydrogens (tertiary/aromatic N) is 1. The maximum Gasteiger partial charge on any atom is 0.143 e. The van der Waals surface area contributed by atoms with Crippen molar-refractivity contribution in [3.8, 4) is 0 Å². The third-order valence-electron chi connectivity index (χ3n) is 2.43. The monoisotopic (exact) mass is 299 g/mol. The number of hydrogen-bond donors (Lipinski definition) is 2. The van der Waals surface area contributed by atoms with E-state index in [1.54, 1.807) is 0 Å². The van der Waals surface area contributed by atoms with Crippen LogP contribution in [0.1, 0.15) is 12.5 Å². The van der Waals surface area contributed by atoms with Crippen LogP contribution in [0.5, 0.6) is 0 Å². The van der Waals surface area contributed by atoms with Crippen molar-refractivity contribution in [1.29, 1.82) is 0 Å². The maximum absolute atomic E-state index is 6.13. The minimum absolute atomic E-state index is 0.614. The number of fused-ring (bicyclic) bond motifs is 1. The van der Waals surface area contributed by atoms with Crippen LogP contribution in [0.2, 0.25) is 5.02 Å². The van der Waals surface area contributed by atoms with E-state index >= 15 is 0 Å². The number of nitrogens with one attached hydrogen (secondary N) is 1. The van der Waals surface area contributed by atoms with Crippen LogP contribution in [0.4, 0.5) is 5.82 Å². The first-order valence-electron chi connectivity index (χ1n) is 4.91. The molecule has 1 aromatic heterocycles. The van der Waals surface area contributed by atoms with E-state index in [1.165, 1.54) is 0 Å². The smallest absolute Gasteiger partial charge is 0.143 e. The van der Waals surface area contributed by atoms with Gasteiger partial charge in [0.1, 0.15) is 5.82 Å². The molecule has 0 radical (unpaired) electrons. The Morgan fingerprint density at radius 2 is 2.19 bits per heavy atom. The Bertz CT molecular complexity index is 542. The molecule has 16 heavy (non-hydrogen) atoms.